The topological polar surface area (TPSA) is 25.2 Å². The number of nitrogens with zero attached hydrogens (tertiary/aromatic N) is 2. The first-order valence-electron chi connectivity index (χ1n) is 6.81. The molecule has 2 aromatic rings. The fourth-order valence-electron chi connectivity index (χ4n) is 2.84. The average molecular weight is 333 g/mol. The molecule has 1 amide bonds. The summed E-state index contributed by atoms with van der Waals surface area (Å²) in [5, 5.41) is 0. The molecule has 20 heavy (non-hydrogen) atoms. The zero-order valence-electron chi connectivity index (χ0n) is 11.4. The second-order valence-corrected chi connectivity index (χ2v) is 6.22. The van der Waals surface area contributed by atoms with Crippen molar-refractivity contribution < 1.29 is 4.79 Å². The van der Waals surface area contributed by atoms with Gasteiger partial charge in [0, 0.05) is 36.7 Å². The lowest BCUT2D eigenvalue weighted by Crippen LogP contribution is -2.29. The van der Waals surface area contributed by atoms with Crippen LogP contribution in [-0.2, 0) is 7.05 Å². The first-order chi connectivity index (χ1) is 9.65. The van der Waals surface area contributed by atoms with E-state index in [0.29, 0.717) is 5.92 Å². The van der Waals surface area contributed by atoms with E-state index in [-0.39, 0.29) is 5.91 Å². The number of aromatic nitrogens is 1. The Balaban J connectivity index is 1.74. The molecule has 1 atom stereocenters. The van der Waals surface area contributed by atoms with Gasteiger partial charge in [-0.1, -0.05) is 30.3 Å². The van der Waals surface area contributed by atoms with Crippen molar-refractivity contribution >= 4 is 21.8 Å². The number of hydrogen-bond acceptors (Lipinski definition) is 1. The van der Waals surface area contributed by atoms with Crippen molar-refractivity contribution in [2.45, 2.75) is 12.3 Å². The zero-order chi connectivity index (χ0) is 14.1. The highest BCUT2D eigenvalue weighted by molar-refractivity contribution is 9.10. The average Bonchev–Trinajstić information content (AvgIpc) is 3.06. The Labute approximate surface area is 127 Å². The summed E-state index contributed by atoms with van der Waals surface area (Å²) in [5.74, 6) is 0.584. The Morgan fingerprint density at radius 2 is 2.05 bits per heavy atom. The lowest BCUT2D eigenvalue weighted by molar-refractivity contribution is 0.0781. The van der Waals surface area contributed by atoms with Crippen molar-refractivity contribution in [3.63, 3.8) is 0 Å². The molecule has 0 N–H and O–H groups in total. The number of halogens is 1. The summed E-state index contributed by atoms with van der Waals surface area (Å²) < 4.78 is 2.82. The lowest BCUT2D eigenvalue weighted by Gasteiger charge is -2.17. The van der Waals surface area contributed by atoms with Gasteiger partial charge in [0.1, 0.15) is 5.69 Å². The zero-order valence-corrected chi connectivity index (χ0v) is 13.0. The molecule has 0 aliphatic carbocycles. The minimum atomic E-state index is 0.122. The molecule has 1 aliphatic rings. The maximum atomic E-state index is 12.5. The Bertz CT molecular complexity index is 621. The summed E-state index contributed by atoms with van der Waals surface area (Å²) in [4.78, 5) is 14.5. The van der Waals surface area contributed by atoms with Crippen molar-refractivity contribution in [1.82, 2.24) is 9.47 Å². The first-order valence-corrected chi connectivity index (χ1v) is 7.60. The van der Waals surface area contributed by atoms with Crippen LogP contribution >= 0.6 is 15.9 Å². The van der Waals surface area contributed by atoms with Crippen LogP contribution in [0.1, 0.15) is 28.4 Å². The maximum Gasteiger partial charge on any atom is 0.270 e. The number of carbonyl (C=O) groups excluding carboxylic acids is 1. The number of rotatable bonds is 2. The van der Waals surface area contributed by atoms with Gasteiger partial charge < -0.3 is 9.47 Å². The van der Waals surface area contributed by atoms with Crippen LogP contribution in [0.4, 0.5) is 0 Å². The molecule has 3 rings (SSSR count). The van der Waals surface area contributed by atoms with Gasteiger partial charge in [-0.15, -0.1) is 0 Å². The third kappa shape index (κ3) is 2.52. The molecule has 0 spiro atoms. The van der Waals surface area contributed by atoms with Gasteiger partial charge in [-0.25, -0.2) is 0 Å². The summed E-state index contributed by atoms with van der Waals surface area (Å²) >= 11 is 3.42. The predicted octanol–water partition coefficient (Wildman–Crippen LogP) is 3.42. The number of carbonyl (C=O) groups is 1. The van der Waals surface area contributed by atoms with Gasteiger partial charge in [0.25, 0.3) is 5.91 Å². The lowest BCUT2D eigenvalue weighted by atomic mass is 9.99. The SMILES string of the molecule is Cn1cc(Br)cc1C(=O)N1CCC(c2ccccc2)C1. The van der Waals surface area contributed by atoms with E-state index in [2.05, 4.69) is 40.2 Å². The van der Waals surface area contributed by atoms with Crippen LogP contribution in [0.15, 0.2) is 47.1 Å². The smallest absolute Gasteiger partial charge is 0.270 e. The molecule has 104 valence electrons. The predicted molar refractivity (Wildman–Crippen MR) is 82.8 cm³/mol. The summed E-state index contributed by atoms with van der Waals surface area (Å²) in [6.07, 6.45) is 2.96. The summed E-state index contributed by atoms with van der Waals surface area (Å²) in [6, 6.07) is 12.3. The largest absolute Gasteiger partial charge is 0.345 e. The van der Waals surface area contributed by atoms with Gasteiger partial charge >= 0.3 is 0 Å². The minimum Gasteiger partial charge on any atom is -0.345 e. The van der Waals surface area contributed by atoms with Crippen molar-refractivity contribution in [2.75, 3.05) is 13.1 Å². The van der Waals surface area contributed by atoms with Crippen LogP contribution in [-0.4, -0.2) is 28.5 Å². The van der Waals surface area contributed by atoms with E-state index in [4.69, 9.17) is 0 Å². The highest BCUT2D eigenvalue weighted by Gasteiger charge is 2.28. The van der Waals surface area contributed by atoms with Gasteiger partial charge in [-0.05, 0) is 34.0 Å². The van der Waals surface area contributed by atoms with Gasteiger partial charge in [0.15, 0.2) is 0 Å². The summed E-state index contributed by atoms with van der Waals surface area (Å²) in [6.45, 7) is 1.65. The van der Waals surface area contributed by atoms with E-state index in [1.165, 1.54) is 5.56 Å². The molecule has 0 bridgehead atoms. The number of amides is 1. The molecule has 1 unspecified atom stereocenters. The van der Waals surface area contributed by atoms with Crippen molar-refractivity contribution in [3.8, 4) is 0 Å². The normalized spacial score (nSPS) is 18.5. The molecule has 1 aromatic heterocycles. The molecule has 1 fully saturated rings. The van der Waals surface area contributed by atoms with E-state index < -0.39 is 0 Å². The van der Waals surface area contributed by atoms with E-state index in [1.54, 1.807) is 0 Å². The molecule has 2 heterocycles. The highest BCUT2D eigenvalue weighted by Crippen LogP contribution is 2.28. The number of likely N-dealkylation sites (tertiary alicyclic amines) is 1. The first kappa shape index (κ1) is 13.4. The van der Waals surface area contributed by atoms with Crippen LogP contribution in [0.5, 0.6) is 0 Å². The molecule has 0 radical (unpaired) electrons. The fourth-order valence-corrected chi connectivity index (χ4v) is 3.36. The Hall–Kier alpha value is -1.55. The van der Waals surface area contributed by atoms with Gasteiger partial charge in [0.05, 0.1) is 0 Å². The van der Waals surface area contributed by atoms with E-state index in [9.17, 15) is 4.79 Å². The Morgan fingerprint density at radius 1 is 1.30 bits per heavy atom. The standard InChI is InChI=1S/C16H17BrN2O/c1-18-11-14(17)9-15(18)16(20)19-8-7-13(10-19)12-5-3-2-4-6-12/h2-6,9,11,13H,7-8,10H2,1H3. The maximum absolute atomic E-state index is 12.5. The minimum absolute atomic E-state index is 0.122. The third-order valence-corrected chi connectivity index (χ3v) is 4.37. The second-order valence-electron chi connectivity index (χ2n) is 5.30. The van der Waals surface area contributed by atoms with E-state index in [1.807, 2.05) is 34.8 Å². The molecule has 0 saturated carbocycles. The molecule has 1 aromatic carbocycles. The van der Waals surface area contributed by atoms with Crippen LogP contribution in [0.2, 0.25) is 0 Å². The quantitative estimate of drug-likeness (QED) is 0.827. The monoisotopic (exact) mass is 332 g/mol. The number of benzene rings is 1. The highest BCUT2D eigenvalue weighted by atomic mass is 79.9. The Kier molecular flexibility index (Phi) is 3.66. The summed E-state index contributed by atoms with van der Waals surface area (Å²) in [5.41, 5.74) is 2.07. The third-order valence-electron chi connectivity index (χ3n) is 3.94. The number of aryl methyl sites for hydroxylation is 1. The number of hydrogen-bond donors (Lipinski definition) is 0. The van der Waals surface area contributed by atoms with Gasteiger partial charge in [0.2, 0.25) is 0 Å². The fraction of sp³-hybridized carbons (Fsp3) is 0.312. The van der Waals surface area contributed by atoms with Crippen molar-refractivity contribution in [1.29, 1.82) is 0 Å². The van der Waals surface area contributed by atoms with Crippen molar-refractivity contribution in [2.24, 2.45) is 7.05 Å². The van der Waals surface area contributed by atoms with E-state index >= 15 is 0 Å². The molecular formula is C16H17BrN2O. The van der Waals surface area contributed by atoms with Crippen LogP contribution in [0.25, 0.3) is 0 Å². The van der Waals surface area contributed by atoms with Gasteiger partial charge in [-0.3, -0.25) is 4.79 Å². The van der Waals surface area contributed by atoms with E-state index in [0.717, 1.165) is 29.7 Å². The van der Waals surface area contributed by atoms with Gasteiger partial charge in [-0.2, -0.15) is 0 Å². The Morgan fingerprint density at radius 3 is 2.70 bits per heavy atom. The van der Waals surface area contributed by atoms with Crippen LogP contribution in [0.3, 0.4) is 0 Å². The van der Waals surface area contributed by atoms with Crippen LogP contribution in [0, 0.1) is 0 Å². The van der Waals surface area contributed by atoms with Crippen molar-refractivity contribution in [3.05, 3.63) is 58.3 Å². The molecule has 1 saturated heterocycles. The summed E-state index contributed by atoms with van der Waals surface area (Å²) in [7, 11) is 1.91. The molecule has 4 heteroatoms. The molecular weight excluding hydrogens is 316 g/mol. The molecule has 3 nitrogen and oxygen atoms in total. The van der Waals surface area contributed by atoms with Crippen LogP contribution < -0.4 is 0 Å². The second kappa shape index (κ2) is 5.44. The molecule has 1 aliphatic heterocycles.